The van der Waals surface area contributed by atoms with Crippen LogP contribution in [-0.2, 0) is 17.9 Å². The van der Waals surface area contributed by atoms with Gasteiger partial charge in [0.25, 0.3) is 11.5 Å². The summed E-state index contributed by atoms with van der Waals surface area (Å²) >= 11 is 1.27. The first kappa shape index (κ1) is 18.0. The standard InChI is InChI=1S/C20H15FN4O2S/c21-16-7-3-1-5-14(16)11-24-9-10-28-20(24)23-18(26)12-25-13-22-17-8-4-2-6-15(17)19(25)27/h1-10,13H,11-12H2. The molecule has 2 aromatic heterocycles. The molecule has 0 fully saturated rings. The molecule has 4 rings (SSSR count). The molecule has 0 radical (unpaired) electrons. The lowest BCUT2D eigenvalue weighted by molar-refractivity contribution is -0.118. The summed E-state index contributed by atoms with van der Waals surface area (Å²) in [6.45, 7) is 0.0496. The number of halogens is 1. The van der Waals surface area contributed by atoms with Crippen LogP contribution in [0.4, 0.5) is 4.39 Å². The normalized spacial score (nSPS) is 11.8. The molecule has 2 heterocycles. The molecular weight excluding hydrogens is 379 g/mol. The molecule has 6 nitrogen and oxygen atoms in total. The number of amides is 1. The van der Waals surface area contributed by atoms with Crippen molar-refractivity contribution in [2.45, 2.75) is 13.1 Å². The van der Waals surface area contributed by atoms with Crippen molar-refractivity contribution in [1.82, 2.24) is 14.1 Å². The summed E-state index contributed by atoms with van der Waals surface area (Å²) in [5.74, 6) is -0.795. The van der Waals surface area contributed by atoms with E-state index in [4.69, 9.17) is 0 Å². The van der Waals surface area contributed by atoms with E-state index >= 15 is 0 Å². The minimum absolute atomic E-state index is 0.214. The maximum Gasteiger partial charge on any atom is 0.268 e. The Morgan fingerprint density at radius 1 is 1.11 bits per heavy atom. The molecule has 0 aliphatic heterocycles. The van der Waals surface area contributed by atoms with E-state index in [1.807, 2.05) is 0 Å². The van der Waals surface area contributed by atoms with Crippen LogP contribution in [0.1, 0.15) is 5.56 Å². The van der Waals surface area contributed by atoms with Gasteiger partial charge in [0.15, 0.2) is 4.80 Å². The van der Waals surface area contributed by atoms with Gasteiger partial charge in [-0.2, -0.15) is 4.99 Å². The van der Waals surface area contributed by atoms with Gasteiger partial charge in [0, 0.05) is 17.1 Å². The summed E-state index contributed by atoms with van der Waals surface area (Å²) in [6.07, 6.45) is 3.09. The molecule has 0 saturated carbocycles. The van der Waals surface area contributed by atoms with Crippen LogP contribution >= 0.6 is 11.3 Å². The van der Waals surface area contributed by atoms with Crippen LogP contribution in [0.2, 0.25) is 0 Å². The summed E-state index contributed by atoms with van der Waals surface area (Å²) in [6, 6.07) is 13.4. The van der Waals surface area contributed by atoms with Crippen molar-refractivity contribution >= 4 is 28.1 Å². The number of nitrogens with zero attached hydrogens (tertiary/aromatic N) is 4. The van der Waals surface area contributed by atoms with Crippen LogP contribution in [-0.4, -0.2) is 20.0 Å². The lowest BCUT2D eigenvalue weighted by Crippen LogP contribution is -2.25. The van der Waals surface area contributed by atoms with Crippen molar-refractivity contribution in [3.63, 3.8) is 0 Å². The Morgan fingerprint density at radius 3 is 2.75 bits per heavy atom. The predicted octanol–water partition coefficient (Wildman–Crippen LogP) is 2.57. The number of rotatable bonds is 4. The summed E-state index contributed by atoms with van der Waals surface area (Å²) in [7, 11) is 0. The van der Waals surface area contributed by atoms with E-state index in [1.165, 1.54) is 28.3 Å². The van der Waals surface area contributed by atoms with Crippen molar-refractivity contribution < 1.29 is 9.18 Å². The van der Waals surface area contributed by atoms with Crippen LogP contribution in [0.3, 0.4) is 0 Å². The average molecular weight is 394 g/mol. The van der Waals surface area contributed by atoms with E-state index in [-0.39, 0.29) is 24.5 Å². The van der Waals surface area contributed by atoms with Crippen molar-refractivity contribution in [2.24, 2.45) is 4.99 Å². The first-order chi connectivity index (χ1) is 13.6. The zero-order valence-electron chi connectivity index (χ0n) is 14.7. The van der Waals surface area contributed by atoms with Gasteiger partial charge >= 0.3 is 0 Å². The van der Waals surface area contributed by atoms with Gasteiger partial charge < -0.3 is 4.57 Å². The minimum atomic E-state index is -0.482. The van der Waals surface area contributed by atoms with Crippen LogP contribution in [0.5, 0.6) is 0 Å². The van der Waals surface area contributed by atoms with Crippen molar-refractivity contribution in [1.29, 1.82) is 0 Å². The summed E-state index contributed by atoms with van der Waals surface area (Å²) in [5, 5.41) is 2.22. The lowest BCUT2D eigenvalue weighted by atomic mass is 10.2. The Hall–Kier alpha value is -3.39. The average Bonchev–Trinajstić information content (AvgIpc) is 3.12. The molecule has 0 aliphatic carbocycles. The number of hydrogen-bond acceptors (Lipinski definition) is 4. The molecule has 1 amide bonds. The first-order valence-electron chi connectivity index (χ1n) is 8.51. The number of benzene rings is 2. The molecule has 4 aromatic rings. The Kier molecular flexibility index (Phi) is 4.94. The molecule has 28 heavy (non-hydrogen) atoms. The van der Waals surface area contributed by atoms with Gasteiger partial charge in [-0.15, -0.1) is 11.3 Å². The van der Waals surface area contributed by atoms with E-state index in [0.29, 0.717) is 21.3 Å². The van der Waals surface area contributed by atoms with E-state index in [1.54, 1.807) is 58.6 Å². The predicted molar refractivity (Wildman–Crippen MR) is 104 cm³/mol. The number of carbonyl (C=O) groups excluding carboxylic acids is 1. The highest BCUT2D eigenvalue weighted by atomic mass is 32.1. The number of carbonyl (C=O) groups is 1. The fourth-order valence-electron chi connectivity index (χ4n) is 2.82. The molecule has 2 aromatic carbocycles. The number of para-hydroxylation sites is 1. The summed E-state index contributed by atoms with van der Waals surface area (Å²) < 4.78 is 16.8. The zero-order chi connectivity index (χ0) is 19.5. The highest BCUT2D eigenvalue weighted by molar-refractivity contribution is 7.07. The van der Waals surface area contributed by atoms with Crippen LogP contribution in [0, 0.1) is 5.82 Å². The largest absolute Gasteiger partial charge is 0.319 e. The van der Waals surface area contributed by atoms with Crippen molar-refractivity contribution in [3.8, 4) is 0 Å². The van der Waals surface area contributed by atoms with Gasteiger partial charge in [0.2, 0.25) is 0 Å². The Morgan fingerprint density at radius 2 is 1.89 bits per heavy atom. The molecule has 0 saturated heterocycles. The second kappa shape index (κ2) is 7.69. The number of aromatic nitrogens is 3. The van der Waals surface area contributed by atoms with Crippen LogP contribution in [0.15, 0.2) is 76.2 Å². The third kappa shape index (κ3) is 3.67. The van der Waals surface area contributed by atoms with E-state index in [2.05, 4.69) is 9.98 Å². The van der Waals surface area contributed by atoms with Crippen LogP contribution < -0.4 is 10.4 Å². The zero-order valence-corrected chi connectivity index (χ0v) is 15.5. The SMILES string of the molecule is O=C(Cn1cnc2ccccc2c1=O)N=c1sccn1Cc1ccccc1F. The van der Waals surface area contributed by atoms with Crippen LogP contribution in [0.25, 0.3) is 10.9 Å². The topological polar surface area (TPSA) is 69.2 Å². The Labute approximate surface area is 162 Å². The molecule has 0 aliphatic rings. The summed E-state index contributed by atoms with van der Waals surface area (Å²) in [5.41, 5.74) is 0.790. The molecule has 0 atom stereocenters. The van der Waals surface area contributed by atoms with Crippen molar-refractivity contribution in [2.75, 3.05) is 0 Å². The summed E-state index contributed by atoms with van der Waals surface area (Å²) in [4.78, 5) is 33.6. The van der Waals surface area contributed by atoms with Gasteiger partial charge in [-0.1, -0.05) is 30.3 Å². The van der Waals surface area contributed by atoms with Gasteiger partial charge in [-0.25, -0.2) is 9.37 Å². The molecule has 0 bridgehead atoms. The minimum Gasteiger partial charge on any atom is -0.319 e. The quantitative estimate of drug-likeness (QED) is 0.534. The molecule has 140 valence electrons. The fraction of sp³-hybridized carbons (Fsp3) is 0.100. The molecule has 0 N–H and O–H groups in total. The van der Waals surface area contributed by atoms with Gasteiger partial charge in [0.05, 0.1) is 23.8 Å². The smallest absolute Gasteiger partial charge is 0.268 e. The van der Waals surface area contributed by atoms with Gasteiger partial charge in [-0.3, -0.25) is 14.2 Å². The third-order valence-corrected chi connectivity index (χ3v) is 5.01. The van der Waals surface area contributed by atoms with Gasteiger partial charge in [0.1, 0.15) is 12.4 Å². The van der Waals surface area contributed by atoms with Gasteiger partial charge in [-0.05, 0) is 18.2 Å². The number of thiazole rings is 1. The fourth-order valence-corrected chi connectivity index (χ4v) is 3.57. The maximum atomic E-state index is 13.9. The Bertz CT molecular complexity index is 1290. The van der Waals surface area contributed by atoms with E-state index < -0.39 is 5.91 Å². The maximum absolute atomic E-state index is 13.9. The highest BCUT2D eigenvalue weighted by Gasteiger charge is 2.09. The second-order valence-corrected chi connectivity index (χ2v) is 6.98. The third-order valence-electron chi connectivity index (χ3n) is 4.22. The highest BCUT2D eigenvalue weighted by Crippen LogP contribution is 2.08. The Balaban J connectivity index is 1.60. The van der Waals surface area contributed by atoms with Crippen molar-refractivity contribution in [3.05, 3.63) is 93.0 Å². The molecular formula is C20H15FN4O2S. The first-order valence-corrected chi connectivity index (χ1v) is 9.39. The monoisotopic (exact) mass is 394 g/mol. The molecule has 0 unspecified atom stereocenters. The molecule has 8 heteroatoms. The lowest BCUT2D eigenvalue weighted by Gasteiger charge is -2.05. The number of fused-ring (bicyclic) bond motifs is 1. The second-order valence-electron chi connectivity index (χ2n) is 6.11. The molecule has 0 spiro atoms. The van der Waals surface area contributed by atoms with E-state index in [9.17, 15) is 14.0 Å². The number of hydrogen-bond donors (Lipinski definition) is 0. The van der Waals surface area contributed by atoms with E-state index in [0.717, 1.165) is 0 Å².